The summed E-state index contributed by atoms with van der Waals surface area (Å²) in [5.74, 6) is -5.80. The number of hydrogen-bond acceptors (Lipinski definition) is 5. The molecule has 1 aliphatic heterocycles. The van der Waals surface area contributed by atoms with Crippen LogP contribution in [0.15, 0.2) is 65.6 Å². The number of rotatable bonds is 4. The van der Waals surface area contributed by atoms with Gasteiger partial charge in [-0.1, -0.05) is 18.2 Å². The molecule has 0 N–H and O–H groups in total. The van der Waals surface area contributed by atoms with E-state index >= 15 is 0 Å². The molecule has 0 radical (unpaired) electrons. The molecule has 5 nitrogen and oxygen atoms in total. The molecule has 1 heterocycles. The number of fused-ring (bicyclic) bond motifs is 2. The maximum Gasteiger partial charge on any atom is 0.344 e. The van der Waals surface area contributed by atoms with Crippen LogP contribution in [0.25, 0.3) is 5.57 Å². The third-order valence-electron chi connectivity index (χ3n) is 5.21. The summed E-state index contributed by atoms with van der Waals surface area (Å²) in [7, 11) is 4.75. The zero-order chi connectivity index (χ0) is 22.3. The Morgan fingerprint density at radius 1 is 1.03 bits per heavy atom. The van der Waals surface area contributed by atoms with Crippen molar-refractivity contribution in [2.24, 2.45) is 0 Å². The Morgan fingerprint density at radius 3 is 2.45 bits per heavy atom. The van der Waals surface area contributed by atoms with E-state index in [1.807, 2.05) is 4.90 Å². The molecule has 2 aromatic rings. The summed E-state index contributed by atoms with van der Waals surface area (Å²) in [6.45, 7) is 0. The van der Waals surface area contributed by atoms with E-state index in [-0.39, 0.29) is 5.57 Å². The first-order valence-electron chi connectivity index (χ1n) is 9.31. The number of halogens is 3. The molecule has 2 aromatic carbocycles. The lowest BCUT2D eigenvalue weighted by Gasteiger charge is -2.37. The molecule has 0 bridgehead atoms. The van der Waals surface area contributed by atoms with Gasteiger partial charge >= 0.3 is 5.97 Å². The van der Waals surface area contributed by atoms with Gasteiger partial charge in [-0.3, -0.25) is 0 Å². The fraction of sp³-hybridized carbons (Fsp3) is 0.174. The van der Waals surface area contributed by atoms with Gasteiger partial charge < -0.3 is 19.1 Å². The van der Waals surface area contributed by atoms with Crippen LogP contribution >= 0.6 is 0 Å². The molecule has 0 fully saturated rings. The number of ether oxygens (including phenoxy) is 3. The van der Waals surface area contributed by atoms with Crippen LogP contribution in [0.2, 0.25) is 0 Å². The van der Waals surface area contributed by atoms with Gasteiger partial charge in [0.2, 0.25) is 11.6 Å². The zero-order valence-corrected chi connectivity index (χ0v) is 16.9. The van der Waals surface area contributed by atoms with Crippen LogP contribution < -0.4 is 9.64 Å². The number of hydrogen-bond donors (Lipinski definition) is 0. The average molecular weight is 429 g/mol. The Balaban J connectivity index is 1.95. The Morgan fingerprint density at radius 2 is 1.74 bits per heavy atom. The first-order chi connectivity index (χ1) is 14.9. The number of benzene rings is 2. The monoisotopic (exact) mass is 429 g/mol. The number of likely N-dealkylation sites (N-methyl/N-ethyl adjacent to an activating group) is 1. The standard InChI is InChI=1S/C23H18F3NO4/c1-27-15-7-5-4-6-12(15)18(19-16(29-2)10-11-17(30-3)21(19)27)23(28)31-22-14(25)9-8-13(24)20(22)26/h4-11,16H,1-3H3. The number of esters is 1. The van der Waals surface area contributed by atoms with Gasteiger partial charge in [0.25, 0.3) is 0 Å². The minimum Gasteiger partial charge on any atom is -0.495 e. The molecular weight excluding hydrogens is 411 g/mol. The molecule has 1 aliphatic carbocycles. The van der Waals surface area contributed by atoms with Gasteiger partial charge in [-0.15, -0.1) is 0 Å². The fourth-order valence-electron chi connectivity index (χ4n) is 3.79. The summed E-state index contributed by atoms with van der Waals surface area (Å²) >= 11 is 0. The first-order valence-corrected chi connectivity index (χ1v) is 9.31. The molecular formula is C23H18F3NO4. The molecule has 4 rings (SSSR count). The summed E-state index contributed by atoms with van der Waals surface area (Å²) in [6.07, 6.45) is 2.75. The lowest BCUT2D eigenvalue weighted by Crippen LogP contribution is -2.34. The predicted molar refractivity (Wildman–Crippen MR) is 108 cm³/mol. The Labute approximate surface area is 176 Å². The van der Waals surface area contributed by atoms with Gasteiger partial charge in [0.1, 0.15) is 11.9 Å². The van der Waals surface area contributed by atoms with E-state index in [2.05, 4.69) is 0 Å². The Kier molecular flexibility index (Phi) is 5.32. The van der Waals surface area contributed by atoms with Crippen LogP contribution in [0, 0.1) is 17.5 Å². The van der Waals surface area contributed by atoms with Gasteiger partial charge in [-0.2, -0.15) is 4.39 Å². The Hall–Kier alpha value is -3.52. The molecule has 0 saturated heterocycles. The van der Waals surface area contributed by atoms with Crippen molar-refractivity contribution >= 4 is 17.2 Å². The number of nitrogens with zero attached hydrogens (tertiary/aromatic N) is 1. The van der Waals surface area contributed by atoms with Crippen LogP contribution in [0.5, 0.6) is 5.75 Å². The molecule has 0 amide bonds. The van der Waals surface area contributed by atoms with E-state index < -0.39 is 35.3 Å². The number of anilines is 1. The van der Waals surface area contributed by atoms with E-state index in [0.29, 0.717) is 40.4 Å². The summed E-state index contributed by atoms with van der Waals surface area (Å²) in [5.41, 5.74) is 2.11. The first kappa shape index (κ1) is 20.7. The highest BCUT2D eigenvalue weighted by Gasteiger charge is 2.38. The van der Waals surface area contributed by atoms with Crippen LogP contribution in [0.1, 0.15) is 5.56 Å². The molecule has 2 aliphatic rings. The smallest absolute Gasteiger partial charge is 0.344 e. The highest BCUT2D eigenvalue weighted by Crippen LogP contribution is 2.45. The van der Waals surface area contributed by atoms with Crippen molar-refractivity contribution in [2.45, 2.75) is 6.10 Å². The van der Waals surface area contributed by atoms with Crippen LogP contribution in [-0.4, -0.2) is 33.3 Å². The van der Waals surface area contributed by atoms with Crippen molar-refractivity contribution in [3.8, 4) is 5.75 Å². The van der Waals surface area contributed by atoms with E-state index in [1.54, 1.807) is 43.5 Å². The second-order valence-corrected chi connectivity index (χ2v) is 6.86. The van der Waals surface area contributed by atoms with Gasteiger partial charge in [0.15, 0.2) is 11.6 Å². The van der Waals surface area contributed by atoms with Crippen molar-refractivity contribution < 1.29 is 32.2 Å². The maximum absolute atomic E-state index is 14.2. The van der Waals surface area contributed by atoms with E-state index in [1.165, 1.54) is 14.2 Å². The van der Waals surface area contributed by atoms with Gasteiger partial charge in [0, 0.05) is 31.0 Å². The van der Waals surface area contributed by atoms with Crippen molar-refractivity contribution in [2.75, 3.05) is 26.2 Å². The highest BCUT2D eigenvalue weighted by molar-refractivity contribution is 6.22. The molecule has 0 aromatic heterocycles. The SMILES string of the molecule is COC1=C2C(=C(C(=O)Oc3c(F)ccc(F)c3F)c3ccccc3N2C)C(OC)C=C1. The zero-order valence-electron chi connectivity index (χ0n) is 16.9. The second kappa shape index (κ2) is 7.96. The van der Waals surface area contributed by atoms with Crippen molar-refractivity contribution in [1.29, 1.82) is 0 Å². The lowest BCUT2D eigenvalue weighted by molar-refractivity contribution is -0.128. The third kappa shape index (κ3) is 3.29. The normalized spacial score (nSPS) is 17.5. The largest absolute Gasteiger partial charge is 0.495 e. The van der Waals surface area contributed by atoms with Crippen LogP contribution in [-0.2, 0) is 14.3 Å². The van der Waals surface area contributed by atoms with E-state index in [0.717, 1.165) is 0 Å². The van der Waals surface area contributed by atoms with Crippen LogP contribution in [0.4, 0.5) is 18.9 Å². The predicted octanol–water partition coefficient (Wildman–Crippen LogP) is 4.36. The molecule has 0 spiro atoms. The van der Waals surface area contributed by atoms with Crippen molar-refractivity contribution in [3.63, 3.8) is 0 Å². The summed E-state index contributed by atoms with van der Waals surface area (Å²) in [4.78, 5) is 15.1. The maximum atomic E-state index is 14.2. The number of para-hydroxylation sites is 1. The van der Waals surface area contributed by atoms with Crippen molar-refractivity contribution in [3.05, 3.63) is 88.6 Å². The average Bonchev–Trinajstić information content (AvgIpc) is 2.78. The molecule has 0 saturated carbocycles. The number of allylic oxidation sites excluding steroid dienone is 1. The summed E-state index contributed by atoms with van der Waals surface area (Å²) < 4.78 is 58.0. The molecule has 8 heteroatoms. The minimum atomic E-state index is -1.58. The van der Waals surface area contributed by atoms with Gasteiger partial charge in [-0.05, 0) is 30.4 Å². The Bertz CT molecular complexity index is 1170. The highest BCUT2D eigenvalue weighted by atomic mass is 19.2. The lowest BCUT2D eigenvalue weighted by atomic mass is 9.85. The minimum absolute atomic E-state index is 0.0394. The molecule has 31 heavy (non-hydrogen) atoms. The van der Waals surface area contributed by atoms with E-state index in [9.17, 15) is 18.0 Å². The van der Waals surface area contributed by atoms with Crippen LogP contribution in [0.3, 0.4) is 0 Å². The van der Waals surface area contributed by atoms with Crippen molar-refractivity contribution in [1.82, 2.24) is 0 Å². The number of carbonyl (C=O) groups is 1. The summed E-state index contributed by atoms with van der Waals surface area (Å²) in [5, 5.41) is 0. The topological polar surface area (TPSA) is 48.0 Å². The third-order valence-corrected chi connectivity index (χ3v) is 5.21. The number of methoxy groups -OCH3 is 2. The van der Waals surface area contributed by atoms with E-state index in [4.69, 9.17) is 14.2 Å². The quantitative estimate of drug-likeness (QED) is 0.411. The molecule has 160 valence electrons. The molecule has 1 unspecified atom stereocenters. The second-order valence-electron chi connectivity index (χ2n) is 6.86. The molecule has 1 atom stereocenters. The van der Waals surface area contributed by atoms with Gasteiger partial charge in [-0.25, -0.2) is 13.6 Å². The fourth-order valence-corrected chi connectivity index (χ4v) is 3.79. The summed E-state index contributed by atoms with van der Waals surface area (Å²) in [6, 6.07) is 8.28. The van der Waals surface area contributed by atoms with Gasteiger partial charge in [0.05, 0.1) is 18.4 Å². The number of carbonyl (C=O) groups excluding carboxylic acids is 1.